The standard InChI is InChI=1S/C17H26N2O/c1-13(14-9-5-3-6-10-14)19(2)17(20)15-11-7-4-8-12-16(15)18/h3,5-6,9-10,13,15-16H,4,7-8,11-12,18H2,1-2H3. The minimum Gasteiger partial charge on any atom is -0.339 e. The molecule has 0 bridgehead atoms. The van der Waals surface area contributed by atoms with Gasteiger partial charge in [-0.1, -0.05) is 49.6 Å². The number of carbonyl (C=O) groups excluding carboxylic acids is 1. The van der Waals surface area contributed by atoms with Crippen LogP contribution in [-0.2, 0) is 4.79 Å². The molecule has 3 unspecified atom stereocenters. The van der Waals surface area contributed by atoms with E-state index < -0.39 is 0 Å². The van der Waals surface area contributed by atoms with E-state index in [-0.39, 0.29) is 23.9 Å². The maximum absolute atomic E-state index is 12.7. The summed E-state index contributed by atoms with van der Waals surface area (Å²) in [7, 11) is 1.90. The predicted molar refractivity (Wildman–Crippen MR) is 82.2 cm³/mol. The number of nitrogens with two attached hydrogens (primary N) is 1. The monoisotopic (exact) mass is 274 g/mol. The van der Waals surface area contributed by atoms with Crippen LogP contribution in [0.2, 0.25) is 0 Å². The molecule has 110 valence electrons. The number of hydrogen-bond acceptors (Lipinski definition) is 2. The average molecular weight is 274 g/mol. The van der Waals surface area contributed by atoms with Gasteiger partial charge in [0.15, 0.2) is 0 Å². The van der Waals surface area contributed by atoms with Crippen molar-refractivity contribution in [1.29, 1.82) is 0 Å². The van der Waals surface area contributed by atoms with Gasteiger partial charge in [-0.3, -0.25) is 4.79 Å². The van der Waals surface area contributed by atoms with Gasteiger partial charge in [0.05, 0.1) is 12.0 Å². The smallest absolute Gasteiger partial charge is 0.227 e. The summed E-state index contributed by atoms with van der Waals surface area (Å²) in [5.41, 5.74) is 7.38. The average Bonchev–Trinajstić information content (AvgIpc) is 2.70. The molecule has 1 aliphatic carbocycles. The quantitative estimate of drug-likeness (QED) is 0.861. The molecule has 0 radical (unpaired) electrons. The molecular formula is C17H26N2O. The van der Waals surface area contributed by atoms with E-state index in [1.807, 2.05) is 30.1 Å². The van der Waals surface area contributed by atoms with Crippen LogP contribution in [-0.4, -0.2) is 23.9 Å². The summed E-state index contributed by atoms with van der Waals surface area (Å²) in [4.78, 5) is 14.6. The molecule has 1 fully saturated rings. The first-order valence-corrected chi connectivity index (χ1v) is 7.68. The second kappa shape index (κ2) is 6.89. The maximum Gasteiger partial charge on any atom is 0.227 e. The summed E-state index contributed by atoms with van der Waals surface area (Å²) < 4.78 is 0. The molecular weight excluding hydrogens is 248 g/mol. The third-order valence-corrected chi connectivity index (χ3v) is 4.60. The number of rotatable bonds is 3. The fourth-order valence-corrected chi connectivity index (χ4v) is 3.05. The van der Waals surface area contributed by atoms with Crippen LogP contribution in [0.25, 0.3) is 0 Å². The molecule has 20 heavy (non-hydrogen) atoms. The van der Waals surface area contributed by atoms with Crippen molar-refractivity contribution in [2.75, 3.05) is 7.05 Å². The number of carbonyl (C=O) groups is 1. The van der Waals surface area contributed by atoms with E-state index in [0.29, 0.717) is 0 Å². The number of amides is 1. The van der Waals surface area contributed by atoms with Gasteiger partial charge in [0.1, 0.15) is 0 Å². The van der Waals surface area contributed by atoms with Crippen molar-refractivity contribution in [1.82, 2.24) is 4.90 Å². The fraction of sp³-hybridized carbons (Fsp3) is 0.588. The van der Waals surface area contributed by atoms with E-state index in [9.17, 15) is 4.79 Å². The van der Waals surface area contributed by atoms with Gasteiger partial charge in [-0.25, -0.2) is 0 Å². The van der Waals surface area contributed by atoms with Gasteiger partial charge < -0.3 is 10.6 Å². The molecule has 1 aliphatic rings. The molecule has 2 N–H and O–H groups in total. The molecule has 0 aromatic heterocycles. The molecule has 1 amide bonds. The second-order valence-corrected chi connectivity index (χ2v) is 5.94. The van der Waals surface area contributed by atoms with Gasteiger partial charge in [-0.05, 0) is 25.3 Å². The van der Waals surface area contributed by atoms with Crippen molar-refractivity contribution < 1.29 is 4.79 Å². The number of hydrogen-bond donors (Lipinski definition) is 1. The number of benzene rings is 1. The largest absolute Gasteiger partial charge is 0.339 e. The maximum atomic E-state index is 12.7. The van der Waals surface area contributed by atoms with Crippen molar-refractivity contribution in [3.8, 4) is 0 Å². The Morgan fingerprint density at radius 1 is 1.20 bits per heavy atom. The summed E-state index contributed by atoms with van der Waals surface area (Å²) >= 11 is 0. The van der Waals surface area contributed by atoms with Gasteiger partial charge in [-0.15, -0.1) is 0 Å². The van der Waals surface area contributed by atoms with E-state index in [1.54, 1.807) is 0 Å². The van der Waals surface area contributed by atoms with Crippen molar-refractivity contribution >= 4 is 5.91 Å². The van der Waals surface area contributed by atoms with E-state index in [2.05, 4.69) is 19.1 Å². The van der Waals surface area contributed by atoms with E-state index in [0.717, 1.165) is 25.7 Å². The summed E-state index contributed by atoms with van der Waals surface area (Å²) in [5.74, 6) is 0.199. The van der Waals surface area contributed by atoms with Gasteiger partial charge in [0, 0.05) is 13.1 Å². The van der Waals surface area contributed by atoms with E-state index in [1.165, 1.54) is 12.0 Å². The van der Waals surface area contributed by atoms with Crippen LogP contribution >= 0.6 is 0 Å². The van der Waals surface area contributed by atoms with Crippen molar-refractivity contribution in [2.45, 2.75) is 51.1 Å². The van der Waals surface area contributed by atoms with Crippen LogP contribution in [0, 0.1) is 5.92 Å². The van der Waals surface area contributed by atoms with Gasteiger partial charge in [0.25, 0.3) is 0 Å². The van der Waals surface area contributed by atoms with Crippen molar-refractivity contribution in [3.05, 3.63) is 35.9 Å². The fourth-order valence-electron chi connectivity index (χ4n) is 3.05. The molecule has 0 heterocycles. The third-order valence-electron chi connectivity index (χ3n) is 4.60. The van der Waals surface area contributed by atoms with E-state index in [4.69, 9.17) is 5.73 Å². The molecule has 3 atom stereocenters. The lowest BCUT2D eigenvalue weighted by atomic mass is 9.93. The minimum atomic E-state index is -0.00587. The first kappa shape index (κ1) is 15.0. The zero-order valence-corrected chi connectivity index (χ0v) is 12.6. The van der Waals surface area contributed by atoms with E-state index >= 15 is 0 Å². The van der Waals surface area contributed by atoms with Gasteiger partial charge in [0.2, 0.25) is 5.91 Å². The lowest BCUT2D eigenvalue weighted by Gasteiger charge is -2.31. The summed E-state index contributed by atoms with van der Waals surface area (Å²) in [6, 6.07) is 10.3. The highest BCUT2D eigenvalue weighted by atomic mass is 16.2. The van der Waals surface area contributed by atoms with Crippen molar-refractivity contribution in [2.24, 2.45) is 11.7 Å². The first-order valence-electron chi connectivity index (χ1n) is 7.68. The highest BCUT2D eigenvalue weighted by Gasteiger charge is 2.31. The molecule has 1 saturated carbocycles. The highest BCUT2D eigenvalue weighted by Crippen LogP contribution is 2.27. The Bertz CT molecular complexity index is 432. The summed E-state index contributed by atoms with van der Waals surface area (Å²) in [5, 5.41) is 0. The first-order chi connectivity index (χ1) is 9.61. The zero-order valence-electron chi connectivity index (χ0n) is 12.6. The molecule has 0 aliphatic heterocycles. The Kier molecular flexibility index (Phi) is 5.18. The van der Waals surface area contributed by atoms with Crippen LogP contribution in [0.15, 0.2) is 30.3 Å². The minimum absolute atomic E-state index is 0.00587. The molecule has 3 nitrogen and oxygen atoms in total. The summed E-state index contributed by atoms with van der Waals surface area (Å²) in [6.45, 7) is 2.08. The van der Waals surface area contributed by atoms with Crippen LogP contribution in [0.3, 0.4) is 0 Å². The second-order valence-electron chi connectivity index (χ2n) is 5.94. The predicted octanol–water partition coefficient (Wildman–Crippen LogP) is 3.11. The molecule has 1 aromatic rings. The van der Waals surface area contributed by atoms with Crippen molar-refractivity contribution in [3.63, 3.8) is 0 Å². The number of nitrogens with zero attached hydrogens (tertiary/aromatic N) is 1. The Balaban J connectivity index is 2.07. The van der Waals surface area contributed by atoms with Gasteiger partial charge in [-0.2, -0.15) is 0 Å². The SMILES string of the molecule is CC(c1ccccc1)N(C)C(=O)C1CCCCCC1N. The normalized spacial score (nSPS) is 24.8. The molecule has 0 spiro atoms. The third kappa shape index (κ3) is 3.40. The van der Waals surface area contributed by atoms with Gasteiger partial charge >= 0.3 is 0 Å². The molecule has 3 heteroatoms. The van der Waals surface area contributed by atoms with Crippen LogP contribution < -0.4 is 5.73 Å². The van der Waals surface area contributed by atoms with Crippen LogP contribution in [0.1, 0.15) is 50.6 Å². The molecule has 0 saturated heterocycles. The highest BCUT2D eigenvalue weighted by molar-refractivity contribution is 5.79. The topological polar surface area (TPSA) is 46.3 Å². The van der Waals surface area contributed by atoms with Crippen LogP contribution in [0.4, 0.5) is 0 Å². The summed E-state index contributed by atoms with van der Waals surface area (Å²) in [6.07, 6.45) is 5.39. The molecule has 2 rings (SSSR count). The Hall–Kier alpha value is -1.35. The Morgan fingerprint density at radius 3 is 2.55 bits per heavy atom. The molecule has 1 aromatic carbocycles. The lowest BCUT2D eigenvalue weighted by molar-refractivity contribution is -0.137. The Labute approximate surface area is 122 Å². The zero-order chi connectivity index (χ0) is 14.5. The lowest BCUT2D eigenvalue weighted by Crippen LogP contribution is -2.43. The van der Waals surface area contributed by atoms with Crippen LogP contribution in [0.5, 0.6) is 0 Å². The Morgan fingerprint density at radius 2 is 1.85 bits per heavy atom.